The maximum absolute atomic E-state index is 11.6. The monoisotopic (exact) mass is 327 g/mol. The molecule has 3 rings (SSSR count). The highest BCUT2D eigenvalue weighted by Gasteiger charge is 2.18. The maximum atomic E-state index is 11.6. The third kappa shape index (κ3) is 3.62. The molecule has 23 heavy (non-hydrogen) atoms. The number of para-hydroxylation sites is 1. The summed E-state index contributed by atoms with van der Waals surface area (Å²) in [5.41, 5.74) is 2.07. The summed E-state index contributed by atoms with van der Waals surface area (Å²) in [5, 5.41) is 1.93. The molecule has 1 aromatic carbocycles. The number of hydrogen-bond acceptors (Lipinski definition) is 4. The topological polar surface area (TPSA) is 35.9 Å². The number of thiophene rings is 1. The highest BCUT2D eigenvalue weighted by Crippen LogP contribution is 2.26. The molecule has 0 radical (unpaired) electrons. The minimum absolute atomic E-state index is 0.0837. The Morgan fingerprint density at radius 1 is 1.04 bits per heavy atom. The van der Waals surface area contributed by atoms with Crippen molar-refractivity contribution in [2.75, 3.05) is 31.1 Å². The molecule has 1 saturated heterocycles. The van der Waals surface area contributed by atoms with Crippen molar-refractivity contribution in [3.05, 3.63) is 46.7 Å². The van der Waals surface area contributed by atoms with E-state index in [9.17, 15) is 4.79 Å². The van der Waals surface area contributed by atoms with Crippen LogP contribution >= 0.6 is 11.3 Å². The van der Waals surface area contributed by atoms with Gasteiger partial charge in [-0.05, 0) is 30.5 Å². The van der Waals surface area contributed by atoms with Gasteiger partial charge in [0.15, 0.2) is 5.78 Å². The van der Waals surface area contributed by atoms with E-state index in [1.165, 1.54) is 17.0 Å². The van der Waals surface area contributed by atoms with Crippen LogP contribution < -0.4 is 4.90 Å². The third-order valence-corrected chi connectivity index (χ3v) is 5.11. The van der Waals surface area contributed by atoms with Crippen LogP contribution in [0, 0.1) is 0 Å². The Hall–Kier alpha value is -2.14. The molecule has 1 fully saturated rings. The van der Waals surface area contributed by atoms with Gasteiger partial charge in [-0.25, -0.2) is 4.99 Å². The molecular weight excluding hydrogens is 306 g/mol. The van der Waals surface area contributed by atoms with E-state index in [0.29, 0.717) is 0 Å². The van der Waals surface area contributed by atoms with Gasteiger partial charge in [-0.2, -0.15) is 0 Å². The standard InChI is InChI=1S/C18H21N3OS/c1-14(22)18-17(8-13-23-18)19-15(2)20-9-11-21(12-10-20)16-6-4-3-5-7-16/h3-8,13H,9-12H2,1-2H3. The number of aliphatic imine (C=N–C) groups is 1. The van der Waals surface area contributed by atoms with E-state index in [1.54, 1.807) is 6.92 Å². The van der Waals surface area contributed by atoms with E-state index >= 15 is 0 Å². The first-order chi connectivity index (χ1) is 11.1. The lowest BCUT2D eigenvalue weighted by atomic mass is 10.2. The van der Waals surface area contributed by atoms with Crippen LogP contribution in [0.2, 0.25) is 0 Å². The molecule has 0 aliphatic carbocycles. The number of hydrogen-bond donors (Lipinski definition) is 0. The molecule has 120 valence electrons. The largest absolute Gasteiger partial charge is 0.368 e. The van der Waals surface area contributed by atoms with Crippen molar-refractivity contribution in [1.29, 1.82) is 0 Å². The van der Waals surface area contributed by atoms with Crippen LogP contribution in [0.4, 0.5) is 11.4 Å². The minimum Gasteiger partial charge on any atom is -0.368 e. The first-order valence-corrected chi connectivity index (χ1v) is 8.72. The number of anilines is 1. The number of rotatable bonds is 3. The average Bonchev–Trinajstić information content (AvgIpc) is 3.04. The number of amidine groups is 1. The lowest BCUT2D eigenvalue weighted by Gasteiger charge is -2.37. The molecular formula is C18H21N3OS. The highest BCUT2D eigenvalue weighted by molar-refractivity contribution is 7.12. The van der Waals surface area contributed by atoms with Crippen LogP contribution in [0.15, 0.2) is 46.8 Å². The van der Waals surface area contributed by atoms with Crippen molar-refractivity contribution in [3.8, 4) is 0 Å². The molecule has 0 atom stereocenters. The molecule has 2 heterocycles. The first kappa shape index (κ1) is 15.7. The summed E-state index contributed by atoms with van der Waals surface area (Å²) in [5.74, 6) is 1.07. The quantitative estimate of drug-likeness (QED) is 0.488. The fourth-order valence-electron chi connectivity index (χ4n) is 2.83. The predicted octanol–water partition coefficient (Wildman–Crippen LogP) is 3.82. The fourth-order valence-corrected chi connectivity index (χ4v) is 3.56. The Balaban J connectivity index is 1.66. The second-order valence-electron chi connectivity index (χ2n) is 5.66. The van der Waals surface area contributed by atoms with Gasteiger partial charge in [-0.1, -0.05) is 18.2 Å². The second-order valence-corrected chi connectivity index (χ2v) is 6.58. The second kappa shape index (κ2) is 6.96. The molecule has 1 aromatic heterocycles. The first-order valence-electron chi connectivity index (χ1n) is 7.84. The Kier molecular flexibility index (Phi) is 4.76. The number of benzene rings is 1. The lowest BCUT2D eigenvalue weighted by Crippen LogP contribution is -2.48. The highest BCUT2D eigenvalue weighted by atomic mass is 32.1. The van der Waals surface area contributed by atoms with E-state index < -0.39 is 0 Å². The van der Waals surface area contributed by atoms with Crippen molar-refractivity contribution in [2.45, 2.75) is 13.8 Å². The van der Waals surface area contributed by atoms with Gasteiger partial charge in [-0.15, -0.1) is 11.3 Å². The van der Waals surface area contributed by atoms with Crippen LogP contribution in [0.3, 0.4) is 0 Å². The van der Waals surface area contributed by atoms with Crippen LogP contribution in [0.1, 0.15) is 23.5 Å². The zero-order valence-corrected chi connectivity index (χ0v) is 14.3. The molecule has 0 N–H and O–H groups in total. The molecule has 1 aliphatic rings. The minimum atomic E-state index is 0.0837. The Bertz CT molecular complexity index is 700. The summed E-state index contributed by atoms with van der Waals surface area (Å²) < 4.78 is 0. The Morgan fingerprint density at radius 3 is 2.39 bits per heavy atom. The van der Waals surface area contributed by atoms with Crippen molar-refractivity contribution in [1.82, 2.24) is 4.90 Å². The summed E-state index contributed by atoms with van der Waals surface area (Å²) in [7, 11) is 0. The summed E-state index contributed by atoms with van der Waals surface area (Å²) in [6, 6.07) is 12.4. The smallest absolute Gasteiger partial charge is 0.171 e. The zero-order valence-electron chi connectivity index (χ0n) is 13.5. The molecule has 5 heteroatoms. The van der Waals surface area contributed by atoms with E-state index in [4.69, 9.17) is 0 Å². The van der Waals surface area contributed by atoms with Crippen molar-refractivity contribution in [2.24, 2.45) is 4.99 Å². The molecule has 4 nitrogen and oxygen atoms in total. The van der Waals surface area contributed by atoms with Crippen LogP contribution in [-0.4, -0.2) is 42.7 Å². The molecule has 0 saturated carbocycles. The summed E-state index contributed by atoms with van der Waals surface area (Å²) in [6.07, 6.45) is 0. The fraction of sp³-hybridized carbons (Fsp3) is 0.333. The summed E-state index contributed by atoms with van der Waals surface area (Å²) in [6.45, 7) is 7.49. The normalized spacial score (nSPS) is 15.8. The number of ketones is 1. The van der Waals surface area contributed by atoms with Gasteiger partial charge in [0.05, 0.1) is 10.6 Å². The average molecular weight is 327 g/mol. The van der Waals surface area contributed by atoms with Gasteiger partial charge in [0.2, 0.25) is 0 Å². The third-order valence-electron chi connectivity index (χ3n) is 4.11. The zero-order chi connectivity index (χ0) is 16.2. The molecule has 1 aliphatic heterocycles. The van der Waals surface area contributed by atoms with Gasteiger partial charge in [0.1, 0.15) is 5.84 Å². The van der Waals surface area contributed by atoms with Gasteiger partial charge >= 0.3 is 0 Å². The molecule has 0 unspecified atom stereocenters. The van der Waals surface area contributed by atoms with Crippen molar-refractivity contribution in [3.63, 3.8) is 0 Å². The van der Waals surface area contributed by atoms with Gasteiger partial charge < -0.3 is 9.80 Å². The SMILES string of the molecule is CC(=O)c1sccc1N=C(C)N1CCN(c2ccccc2)CC1. The number of carbonyl (C=O) groups excluding carboxylic acids is 1. The molecule has 0 spiro atoms. The molecule has 2 aromatic rings. The van der Waals surface area contributed by atoms with Gasteiger partial charge in [-0.3, -0.25) is 4.79 Å². The van der Waals surface area contributed by atoms with Gasteiger partial charge in [0, 0.05) is 38.8 Å². The van der Waals surface area contributed by atoms with Gasteiger partial charge in [0.25, 0.3) is 0 Å². The number of carbonyl (C=O) groups is 1. The van der Waals surface area contributed by atoms with E-state index in [1.807, 2.05) is 24.4 Å². The Labute approximate surface area is 141 Å². The van der Waals surface area contributed by atoms with E-state index in [2.05, 4.69) is 39.1 Å². The van der Waals surface area contributed by atoms with Crippen LogP contribution in [0.25, 0.3) is 0 Å². The van der Waals surface area contributed by atoms with Crippen molar-refractivity contribution < 1.29 is 4.79 Å². The van der Waals surface area contributed by atoms with Crippen LogP contribution in [-0.2, 0) is 0 Å². The van der Waals surface area contributed by atoms with Crippen LogP contribution in [0.5, 0.6) is 0 Å². The summed E-state index contributed by atoms with van der Waals surface area (Å²) >= 11 is 1.46. The number of nitrogens with zero attached hydrogens (tertiary/aromatic N) is 3. The Morgan fingerprint density at radius 2 is 1.74 bits per heavy atom. The predicted molar refractivity (Wildman–Crippen MR) is 97.3 cm³/mol. The van der Waals surface area contributed by atoms with E-state index in [0.717, 1.165) is 42.6 Å². The molecule has 0 amide bonds. The molecule has 0 bridgehead atoms. The number of piperazine rings is 1. The lowest BCUT2D eigenvalue weighted by molar-refractivity contribution is 0.102. The number of Topliss-reactive ketones (excluding diaryl/α,β-unsaturated/α-hetero) is 1. The van der Waals surface area contributed by atoms with E-state index in [-0.39, 0.29) is 5.78 Å². The van der Waals surface area contributed by atoms with Crippen molar-refractivity contribution >= 4 is 34.3 Å². The maximum Gasteiger partial charge on any atom is 0.171 e. The summed E-state index contributed by atoms with van der Waals surface area (Å²) in [4.78, 5) is 21.7.